The van der Waals surface area contributed by atoms with Gasteiger partial charge in [0.15, 0.2) is 0 Å². The highest BCUT2D eigenvalue weighted by Gasteiger charge is 2.10. The van der Waals surface area contributed by atoms with Crippen molar-refractivity contribution in [1.82, 2.24) is 0 Å². The minimum absolute atomic E-state index is 0.108. The maximum atomic E-state index is 11.9. The lowest BCUT2D eigenvalue weighted by Crippen LogP contribution is -2.18. The predicted octanol–water partition coefficient (Wildman–Crippen LogP) is 2.27. The van der Waals surface area contributed by atoms with Crippen LogP contribution in [0.3, 0.4) is 0 Å². The Bertz CT molecular complexity index is 463. The molecule has 0 bridgehead atoms. The first kappa shape index (κ1) is 16.9. The fourth-order valence-electron chi connectivity index (χ4n) is 1.76. The lowest BCUT2D eigenvalue weighted by Gasteiger charge is -2.10. The normalized spacial score (nSPS) is 13.8. The lowest BCUT2D eigenvalue weighted by molar-refractivity contribution is -0.115. The summed E-state index contributed by atoms with van der Waals surface area (Å²) in [6.07, 6.45) is 1.30. The number of hydrogen-bond donors (Lipinski definition) is 2. The molecular weight excluding hydrogens is 272 g/mol. The molecule has 0 saturated carbocycles. The van der Waals surface area contributed by atoms with Gasteiger partial charge in [-0.1, -0.05) is 38.5 Å². The van der Waals surface area contributed by atoms with E-state index >= 15 is 0 Å². The van der Waals surface area contributed by atoms with E-state index in [2.05, 4.69) is 19.2 Å². The van der Waals surface area contributed by atoms with Gasteiger partial charge in [0, 0.05) is 41.0 Å². The molecule has 0 aromatic heterocycles. The number of carbonyl (C=O) groups excluding carboxylic acids is 1. The highest BCUT2D eigenvalue weighted by molar-refractivity contribution is 7.85. The Balaban J connectivity index is 2.42. The number of para-hydroxylation sites is 1. The van der Waals surface area contributed by atoms with Gasteiger partial charge in [0.1, 0.15) is 0 Å². The molecular formula is C15H24N2O2S. The van der Waals surface area contributed by atoms with E-state index in [-0.39, 0.29) is 12.3 Å². The summed E-state index contributed by atoms with van der Waals surface area (Å²) in [5, 5.41) is 2.83. The minimum Gasteiger partial charge on any atom is -0.326 e. The summed E-state index contributed by atoms with van der Waals surface area (Å²) < 4.78 is 11.8. The third-order valence-electron chi connectivity index (χ3n) is 3.24. The largest absolute Gasteiger partial charge is 0.326 e. The maximum Gasteiger partial charge on any atom is 0.225 e. The Morgan fingerprint density at radius 3 is 2.75 bits per heavy atom. The Kier molecular flexibility index (Phi) is 7.47. The average Bonchev–Trinajstić information content (AvgIpc) is 2.45. The van der Waals surface area contributed by atoms with Gasteiger partial charge in [-0.15, -0.1) is 0 Å². The first-order valence-electron chi connectivity index (χ1n) is 6.99. The van der Waals surface area contributed by atoms with Crippen molar-refractivity contribution in [2.24, 2.45) is 11.7 Å². The molecule has 0 saturated heterocycles. The molecule has 0 aliphatic rings. The highest BCUT2D eigenvalue weighted by atomic mass is 32.2. The van der Waals surface area contributed by atoms with Crippen molar-refractivity contribution < 1.29 is 9.00 Å². The standard InChI is InChI=1S/C15H24N2O2S/c1-3-12(2)11-20(19)9-8-15(18)17-14-7-5-4-6-13(14)10-16/h4-7,12H,3,8-11,16H2,1-2H3,(H,17,18). The topological polar surface area (TPSA) is 72.2 Å². The monoisotopic (exact) mass is 296 g/mol. The maximum absolute atomic E-state index is 11.9. The van der Waals surface area contributed by atoms with Crippen LogP contribution in [0.15, 0.2) is 24.3 Å². The Hall–Kier alpha value is -1.20. The van der Waals surface area contributed by atoms with E-state index in [9.17, 15) is 9.00 Å². The zero-order valence-corrected chi connectivity index (χ0v) is 13.0. The van der Waals surface area contributed by atoms with Crippen LogP contribution in [0.4, 0.5) is 5.69 Å². The van der Waals surface area contributed by atoms with Crippen molar-refractivity contribution in [2.75, 3.05) is 16.8 Å². The Labute approximate surface area is 123 Å². The quantitative estimate of drug-likeness (QED) is 0.773. The Morgan fingerprint density at radius 1 is 1.40 bits per heavy atom. The summed E-state index contributed by atoms with van der Waals surface area (Å²) in [6.45, 7) is 4.55. The number of nitrogens with two attached hydrogens (primary N) is 1. The zero-order chi connectivity index (χ0) is 15.0. The van der Waals surface area contributed by atoms with E-state index in [1.807, 2.05) is 24.3 Å². The number of rotatable bonds is 8. The molecule has 0 spiro atoms. The first-order chi connectivity index (χ1) is 9.56. The predicted molar refractivity (Wildman–Crippen MR) is 84.9 cm³/mol. The van der Waals surface area contributed by atoms with Gasteiger partial charge in [-0.2, -0.15) is 0 Å². The number of carbonyl (C=O) groups is 1. The van der Waals surface area contributed by atoms with Gasteiger partial charge in [-0.3, -0.25) is 9.00 Å². The SMILES string of the molecule is CCC(C)CS(=O)CCC(=O)Nc1ccccc1CN. The lowest BCUT2D eigenvalue weighted by atomic mass is 10.2. The number of benzene rings is 1. The summed E-state index contributed by atoms with van der Waals surface area (Å²) in [4.78, 5) is 11.9. The number of hydrogen-bond acceptors (Lipinski definition) is 3. The van der Waals surface area contributed by atoms with Crippen molar-refractivity contribution in [3.05, 3.63) is 29.8 Å². The summed E-state index contributed by atoms with van der Waals surface area (Å²) in [5.74, 6) is 1.42. The van der Waals surface area contributed by atoms with Gasteiger partial charge < -0.3 is 11.1 Å². The summed E-state index contributed by atoms with van der Waals surface area (Å²) >= 11 is 0. The van der Waals surface area contributed by atoms with Crippen molar-refractivity contribution >= 4 is 22.4 Å². The van der Waals surface area contributed by atoms with Crippen LogP contribution in [0.1, 0.15) is 32.3 Å². The van der Waals surface area contributed by atoms with Crippen LogP contribution in [-0.4, -0.2) is 21.6 Å². The molecule has 1 aromatic carbocycles. The second-order valence-electron chi connectivity index (χ2n) is 4.98. The van der Waals surface area contributed by atoms with E-state index in [1.54, 1.807) is 0 Å². The van der Waals surface area contributed by atoms with Crippen LogP contribution < -0.4 is 11.1 Å². The van der Waals surface area contributed by atoms with E-state index in [1.165, 1.54) is 0 Å². The third-order valence-corrected chi connectivity index (χ3v) is 4.84. The zero-order valence-electron chi connectivity index (χ0n) is 12.2. The molecule has 0 radical (unpaired) electrons. The molecule has 20 heavy (non-hydrogen) atoms. The van der Waals surface area contributed by atoms with Gasteiger partial charge in [-0.25, -0.2) is 0 Å². The van der Waals surface area contributed by atoms with Crippen molar-refractivity contribution in [3.8, 4) is 0 Å². The van der Waals surface area contributed by atoms with Crippen molar-refractivity contribution in [3.63, 3.8) is 0 Å². The van der Waals surface area contributed by atoms with Gasteiger partial charge in [0.2, 0.25) is 5.91 Å². The Morgan fingerprint density at radius 2 is 2.10 bits per heavy atom. The molecule has 2 atom stereocenters. The molecule has 1 rings (SSSR count). The van der Waals surface area contributed by atoms with Crippen LogP contribution in [0.25, 0.3) is 0 Å². The molecule has 1 aromatic rings. The molecule has 3 N–H and O–H groups in total. The van der Waals surface area contributed by atoms with Gasteiger partial charge in [0.25, 0.3) is 0 Å². The van der Waals surface area contributed by atoms with Crippen LogP contribution in [0.5, 0.6) is 0 Å². The van der Waals surface area contributed by atoms with Crippen molar-refractivity contribution in [1.29, 1.82) is 0 Å². The fraction of sp³-hybridized carbons (Fsp3) is 0.533. The molecule has 112 valence electrons. The number of nitrogens with one attached hydrogen (secondary N) is 1. The summed E-state index contributed by atoms with van der Waals surface area (Å²) in [5.41, 5.74) is 7.27. The molecule has 5 heteroatoms. The second kappa shape index (κ2) is 8.87. The second-order valence-corrected chi connectivity index (χ2v) is 6.60. The molecule has 0 aliphatic carbocycles. The average molecular weight is 296 g/mol. The van der Waals surface area contributed by atoms with E-state index < -0.39 is 10.8 Å². The van der Waals surface area contributed by atoms with E-state index in [0.29, 0.717) is 24.0 Å². The van der Waals surface area contributed by atoms with Gasteiger partial charge in [0.05, 0.1) is 0 Å². The van der Waals surface area contributed by atoms with Crippen LogP contribution in [-0.2, 0) is 22.1 Å². The van der Waals surface area contributed by atoms with E-state index in [4.69, 9.17) is 5.73 Å². The molecule has 2 unspecified atom stereocenters. The highest BCUT2D eigenvalue weighted by Crippen LogP contribution is 2.14. The molecule has 1 amide bonds. The summed E-state index contributed by atoms with van der Waals surface area (Å²) in [6, 6.07) is 7.46. The summed E-state index contributed by atoms with van der Waals surface area (Å²) in [7, 11) is -0.921. The fourth-order valence-corrected chi connectivity index (χ4v) is 3.21. The van der Waals surface area contributed by atoms with Crippen LogP contribution in [0.2, 0.25) is 0 Å². The van der Waals surface area contributed by atoms with E-state index in [0.717, 1.165) is 17.7 Å². The van der Waals surface area contributed by atoms with Gasteiger partial charge in [-0.05, 0) is 17.5 Å². The number of amides is 1. The minimum atomic E-state index is -0.921. The van der Waals surface area contributed by atoms with Gasteiger partial charge >= 0.3 is 0 Å². The molecule has 4 nitrogen and oxygen atoms in total. The van der Waals surface area contributed by atoms with Crippen molar-refractivity contribution in [2.45, 2.75) is 33.2 Å². The third kappa shape index (κ3) is 5.84. The first-order valence-corrected chi connectivity index (χ1v) is 8.48. The smallest absolute Gasteiger partial charge is 0.225 e. The molecule has 0 fully saturated rings. The number of anilines is 1. The molecule has 0 aliphatic heterocycles. The molecule has 0 heterocycles. The van der Waals surface area contributed by atoms with Crippen LogP contribution in [0, 0.1) is 5.92 Å². The van der Waals surface area contributed by atoms with Crippen LogP contribution >= 0.6 is 0 Å².